The molecule has 10 heteroatoms. The predicted octanol–water partition coefficient (Wildman–Crippen LogP) is 2.86. The van der Waals surface area contributed by atoms with Gasteiger partial charge in [0, 0.05) is 22.2 Å². The lowest BCUT2D eigenvalue weighted by Crippen LogP contribution is -2.50. The van der Waals surface area contributed by atoms with Crippen LogP contribution < -0.4 is 4.90 Å². The summed E-state index contributed by atoms with van der Waals surface area (Å²) in [6, 6.07) is 8.81. The minimum atomic E-state index is -0.668. The lowest BCUT2D eigenvalue weighted by molar-refractivity contribution is -0.158. The van der Waals surface area contributed by atoms with E-state index in [1.54, 1.807) is 22.7 Å². The van der Waals surface area contributed by atoms with E-state index in [4.69, 9.17) is 32.7 Å². The van der Waals surface area contributed by atoms with E-state index in [-0.39, 0.29) is 6.10 Å². The highest BCUT2D eigenvalue weighted by atomic mass is 35.5. The van der Waals surface area contributed by atoms with Crippen LogP contribution >= 0.6 is 23.2 Å². The smallest absolute Gasteiger partial charge is 0.336 e. The van der Waals surface area contributed by atoms with Gasteiger partial charge in [0.15, 0.2) is 17.6 Å². The minimum Gasteiger partial charge on any atom is -0.467 e. The molecule has 0 N–H and O–H groups in total. The van der Waals surface area contributed by atoms with Gasteiger partial charge >= 0.3 is 5.97 Å². The van der Waals surface area contributed by atoms with Gasteiger partial charge in [-0.25, -0.2) is 4.79 Å². The van der Waals surface area contributed by atoms with Crippen molar-refractivity contribution in [2.75, 3.05) is 25.1 Å². The summed E-state index contributed by atoms with van der Waals surface area (Å²) in [5.41, 5.74) is 1.29. The molecule has 1 aliphatic rings. The summed E-state index contributed by atoms with van der Waals surface area (Å²) in [6.07, 6.45) is -0.819. The van der Waals surface area contributed by atoms with E-state index in [9.17, 15) is 4.79 Å². The van der Waals surface area contributed by atoms with E-state index in [0.717, 1.165) is 0 Å². The summed E-state index contributed by atoms with van der Waals surface area (Å²) in [6.45, 7) is 2.83. The fourth-order valence-electron chi connectivity index (χ4n) is 3.21. The van der Waals surface area contributed by atoms with Crippen LogP contribution in [0.5, 0.6) is 0 Å². The molecule has 0 aliphatic carbocycles. The Labute approximate surface area is 171 Å². The Morgan fingerprint density at radius 2 is 1.93 bits per heavy atom. The maximum atomic E-state index is 11.9. The van der Waals surface area contributed by atoms with Gasteiger partial charge in [-0.05, 0) is 37.3 Å². The van der Waals surface area contributed by atoms with Crippen molar-refractivity contribution in [1.29, 1.82) is 0 Å². The Morgan fingerprint density at radius 3 is 2.64 bits per heavy atom. The largest absolute Gasteiger partial charge is 0.467 e. The third-order valence-electron chi connectivity index (χ3n) is 4.42. The number of morpholine rings is 1. The third-order valence-corrected chi connectivity index (χ3v) is 4.85. The number of nitrogens with zero attached hydrogens (tertiary/aromatic N) is 5. The van der Waals surface area contributed by atoms with Gasteiger partial charge in [-0.15, -0.1) is 15.3 Å². The molecule has 3 aromatic rings. The number of benzene rings is 1. The molecule has 0 spiro atoms. The molecule has 4 rings (SSSR count). The van der Waals surface area contributed by atoms with Crippen LogP contribution in [0, 0.1) is 0 Å². The normalized spacial score (nSPS) is 19.8. The zero-order valence-corrected chi connectivity index (χ0v) is 16.7. The van der Waals surface area contributed by atoms with Gasteiger partial charge in [-0.1, -0.05) is 23.2 Å². The summed E-state index contributed by atoms with van der Waals surface area (Å²) >= 11 is 12.2. The van der Waals surface area contributed by atoms with E-state index in [2.05, 4.69) is 15.3 Å². The first-order valence-electron chi connectivity index (χ1n) is 8.62. The average Bonchev–Trinajstić information content (AvgIpc) is 3.09. The van der Waals surface area contributed by atoms with Crippen molar-refractivity contribution in [1.82, 2.24) is 19.8 Å². The van der Waals surface area contributed by atoms with Crippen LogP contribution in [0.3, 0.4) is 0 Å². The summed E-state index contributed by atoms with van der Waals surface area (Å²) < 4.78 is 12.1. The first kappa shape index (κ1) is 18.9. The molecule has 0 saturated carbocycles. The fourth-order valence-corrected chi connectivity index (χ4v) is 3.74. The zero-order valence-electron chi connectivity index (χ0n) is 15.2. The number of halogens is 2. The molecule has 1 aromatic carbocycles. The second-order valence-electron chi connectivity index (χ2n) is 6.51. The van der Waals surface area contributed by atoms with Crippen LogP contribution in [0.2, 0.25) is 10.0 Å². The van der Waals surface area contributed by atoms with Crippen LogP contribution in [0.15, 0.2) is 30.3 Å². The van der Waals surface area contributed by atoms with Crippen molar-refractivity contribution in [3.63, 3.8) is 0 Å². The summed E-state index contributed by atoms with van der Waals surface area (Å²) in [5, 5.41) is 14.0. The quantitative estimate of drug-likeness (QED) is 0.601. The van der Waals surface area contributed by atoms with Crippen molar-refractivity contribution in [3.05, 3.63) is 40.4 Å². The van der Waals surface area contributed by atoms with Crippen LogP contribution in [-0.2, 0) is 14.3 Å². The second kappa shape index (κ2) is 7.54. The van der Waals surface area contributed by atoms with E-state index in [0.29, 0.717) is 46.0 Å². The molecule has 2 atom stereocenters. The summed E-state index contributed by atoms with van der Waals surface area (Å²) in [4.78, 5) is 13.9. The Kier molecular flexibility index (Phi) is 5.09. The number of ether oxygens (including phenoxy) is 2. The maximum Gasteiger partial charge on any atom is 0.336 e. The topological polar surface area (TPSA) is 81.9 Å². The van der Waals surface area contributed by atoms with Crippen LogP contribution in [0.1, 0.15) is 6.92 Å². The Bertz CT molecular complexity index is 1020. The second-order valence-corrected chi connectivity index (χ2v) is 7.38. The monoisotopic (exact) mass is 421 g/mol. The molecule has 0 amide bonds. The standard InChI is InChI=1S/C18H17Cl2N5O3/c1-10-8-24(9-14(28-10)18(26)27-2)16-4-3-15-21-22-17(25(15)23-16)11-5-12(19)7-13(20)6-11/h3-7,10,14H,8-9H2,1-2H3/t10-,14?/m1/s1. The molecule has 3 heterocycles. The number of fused-ring (bicyclic) bond motifs is 1. The zero-order chi connectivity index (χ0) is 19.8. The Balaban J connectivity index is 1.72. The molecule has 2 aromatic heterocycles. The molecule has 28 heavy (non-hydrogen) atoms. The Morgan fingerprint density at radius 1 is 1.18 bits per heavy atom. The predicted molar refractivity (Wildman–Crippen MR) is 105 cm³/mol. The fraction of sp³-hybridized carbons (Fsp3) is 0.333. The number of carbonyl (C=O) groups excluding carboxylic acids is 1. The number of methoxy groups -OCH3 is 1. The number of anilines is 1. The number of aromatic nitrogens is 4. The molecule has 8 nitrogen and oxygen atoms in total. The van der Waals surface area contributed by atoms with E-state index in [1.807, 2.05) is 24.0 Å². The molecule has 0 bridgehead atoms. The van der Waals surface area contributed by atoms with Crippen molar-refractivity contribution >= 4 is 40.6 Å². The highest BCUT2D eigenvalue weighted by Gasteiger charge is 2.32. The van der Waals surface area contributed by atoms with Crippen LogP contribution in [0.4, 0.5) is 5.82 Å². The van der Waals surface area contributed by atoms with Crippen LogP contribution in [-0.4, -0.2) is 58.2 Å². The molecule has 146 valence electrons. The molecular formula is C18H17Cl2N5O3. The highest BCUT2D eigenvalue weighted by Crippen LogP contribution is 2.27. The van der Waals surface area contributed by atoms with Gasteiger partial charge in [0.25, 0.3) is 0 Å². The molecule has 1 aliphatic heterocycles. The number of esters is 1. The van der Waals surface area contributed by atoms with Gasteiger partial charge in [-0.2, -0.15) is 4.52 Å². The third kappa shape index (κ3) is 3.63. The molecule has 0 radical (unpaired) electrons. The molecule has 1 unspecified atom stereocenters. The van der Waals surface area contributed by atoms with Gasteiger partial charge in [0.1, 0.15) is 5.82 Å². The summed E-state index contributed by atoms with van der Waals surface area (Å²) in [7, 11) is 1.35. The molecule has 1 saturated heterocycles. The van der Waals surface area contributed by atoms with Crippen molar-refractivity contribution in [2.24, 2.45) is 0 Å². The van der Waals surface area contributed by atoms with Gasteiger partial charge in [-0.3, -0.25) is 0 Å². The minimum absolute atomic E-state index is 0.150. The number of carbonyl (C=O) groups is 1. The van der Waals surface area contributed by atoms with Gasteiger partial charge < -0.3 is 14.4 Å². The van der Waals surface area contributed by atoms with E-state index >= 15 is 0 Å². The number of hydrogen-bond acceptors (Lipinski definition) is 7. The van der Waals surface area contributed by atoms with E-state index in [1.165, 1.54) is 7.11 Å². The number of rotatable bonds is 3. The molecular weight excluding hydrogens is 405 g/mol. The van der Waals surface area contributed by atoms with Crippen molar-refractivity contribution in [3.8, 4) is 11.4 Å². The maximum absolute atomic E-state index is 11.9. The SMILES string of the molecule is COC(=O)C1CN(c2ccc3nnc(-c4cc(Cl)cc(Cl)c4)n3n2)C[C@@H](C)O1. The van der Waals surface area contributed by atoms with Crippen molar-refractivity contribution < 1.29 is 14.3 Å². The first-order chi connectivity index (χ1) is 13.4. The lowest BCUT2D eigenvalue weighted by atomic mass is 10.2. The number of hydrogen-bond donors (Lipinski definition) is 0. The van der Waals surface area contributed by atoms with Gasteiger partial charge in [0.05, 0.1) is 19.8 Å². The lowest BCUT2D eigenvalue weighted by Gasteiger charge is -2.35. The van der Waals surface area contributed by atoms with Crippen molar-refractivity contribution in [2.45, 2.75) is 19.1 Å². The highest BCUT2D eigenvalue weighted by molar-refractivity contribution is 6.35. The van der Waals surface area contributed by atoms with E-state index < -0.39 is 12.1 Å². The average molecular weight is 422 g/mol. The Hall–Kier alpha value is -2.42. The molecule has 1 fully saturated rings. The van der Waals surface area contributed by atoms with Gasteiger partial charge in [0.2, 0.25) is 0 Å². The summed E-state index contributed by atoms with van der Waals surface area (Å²) in [5.74, 6) is 0.786. The first-order valence-corrected chi connectivity index (χ1v) is 9.37. The van der Waals surface area contributed by atoms with Crippen LogP contribution in [0.25, 0.3) is 17.0 Å².